The third-order valence-electron chi connectivity index (χ3n) is 3.18. The summed E-state index contributed by atoms with van der Waals surface area (Å²) in [5.41, 5.74) is 0. The smallest absolute Gasteiger partial charge is 0.364 e. The lowest BCUT2D eigenvalue weighted by molar-refractivity contribution is -0.294. The molecule has 0 saturated carbocycles. The van der Waals surface area contributed by atoms with Crippen molar-refractivity contribution in [1.29, 1.82) is 0 Å². The molecule has 0 aliphatic carbocycles. The van der Waals surface area contributed by atoms with Crippen molar-refractivity contribution in [3.05, 3.63) is 0 Å². The van der Waals surface area contributed by atoms with Gasteiger partial charge in [0.2, 0.25) is 5.91 Å². The molecule has 0 radical (unpaired) electrons. The largest absolute Gasteiger partial charge is 0.477 e. The molecule has 0 aromatic heterocycles. The van der Waals surface area contributed by atoms with Crippen molar-refractivity contribution in [3.8, 4) is 0 Å². The number of aliphatic hydroxyl groups excluding tert-OH is 3. The molecule has 0 aromatic carbocycles. The lowest BCUT2D eigenvalue weighted by atomic mass is 9.89. The first-order valence-electron chi connectivity index (χ1n) is 6.13. The molecule has 1 aliphatic rings. The van der Waals surface area contributed by atoms with Crippen molar-refractivity contribution in [2.75, 3.05) is 6.67 Å². The van der Waals surface area contributed by atoms with E-state index in [0.29, 0.717) is 0 Å². The van der Waals surface area contributed by atoms with Crippen molar-refractivity contribution >= 4 is 11.9 Å². The molecule has 1 rings (SSSR count). The van der Waals surface area contributed by atoms with E-state index < -0.39 is 61.2 Å². The molecule has 6 atom stereocenters. The number of carboxylic acid groups (broad SMARTS) is 1. The van der Waals surface area contributed by atoms with Gasteiger partial charge in [-0.1, -0.05) is 0 Å². The fraction of sp³-hybridized carbons (Fsp3) is 0.818. The zero-order chi connectivity index (χ0) is 16.4. The Bertz CT molecular complexity index is 408. The summed E-state index contributed by atoms with van der Waals surface area (Å²) in [5.74, 6) is -5.28. The van der Waals surface area contributed by atoms with Gasteiger partial charge in [0.25, 0.3) is 5.79 Å². The Labute approximate surface area is 119 Å². The maximum absolute atomic E-state index is 12.4. The number of ether oxygens (including phenoxy) is 1. The van der Waals surface area contributed by atoms with E-state index in [1.54, 1.807) is 0 Å². The van der Waals surface area contributed by atoms with Crippen molar-refractivity contribution in [3.63, 3.8) is 0 Å². The molecule has 6 N–H and O–H groups in total. The Morgan fingerprint density at radius 3 is 2.48 bits per heavy atom. The molecule has 122 valence electrons. The van der Waals surface area contributed by atoms with Gasteiger partial charge in [-0.2, -0.15) is 0 Å². The molecule has 1 amide bonds. The van der Waals surface area contributed by atoms with E-state index in [4.69, 9.17) is 9.84 Å². The number of nitrogens with one attached hydrogen (secondary N) is 1. The summed E-state index contributed by atoms with van der Waals surface area (Å²) >= 11 is 0. The van der Waals surface area contributed by atoms with Gasteiger partial charge in [0.1, 0.15) is 25.0 Å². The van der Waals surface area contributed by atoms with Crippen molar-refractivity contribution in [2.45, 2.75) is 49.6 Å². The fourth-order valence-corrected chi connectivity index (χ4v) is 2.12. The normalized spacial score (nSPS) is 35.8. The summed E-state index contributed by atoms with van der Waals surface area (Å²) < 4.78 is 17.2. The Morgan fingerprint density at radius 1 is 1.48 bits per heavy atom. The van der Waals surface area contributed by atoms with E-state index in [1.165, 1.54) is 0 Å². The van der Waals surface area contributed by atoms with Crippen LogP contribution < -0.4 is 5.32 Å². The van der Waals surface area contributed by atoms with Crippen LogP contribution in [0.3, 0.4) is 0 Å². The Morgan fingerprint density at radius 2 is 2.05 bits per heavy atom. The van der Waals surface area contributed by atoms with Gasteiger partial charge in [0, 0.05) is 13.3 Å². The molecular weight excluding hydrogens is 293 g/mol. The average Bonchev–Trinajstić information content (AvgIpc) is 2.39. The number of carbonyl (C=O) groups is 2. The van der Waals surface area contributed by atoms with Crippen LogP contribution in [0.1, 0.15) is 13.3 Å². The van der Waals surface area contributed by atoms with E-state index in [2.05, 4.69) is 5.32 Å². The first-order chi connectivity index (χ1) is 9.62. The van der Waals surface area contributed by atoms with Crippen LogP contribution in [0, 0.1) is 0 Å². The lowest BCUT2D eigenvalue weighted by Gasteiger charge is -2.44. The maximum atomic E-state index is 12.4. The van der Waals surface area contributed by atoms with Gasteiger partial charge in [-0.05, 0) is 0 Å². The minimum atomic E-state index is -2.82. The van der Waals surface area contributed by atoms with Crippen LogP contribution >= 0.6 is 0 Å². The van der Waals surface area contributed by atoms with Gasteiger partial charge in [-0.15, -0.1) is 0 Å². The zero-order valence-electron chi connectivity index (χ0n) is 11.1. The molecule has 0 spiro atoms. The van der Waals surface area contributed by atoms with Gasteiger partial charge in [-0.25, -0.2) is 9.18 Å². The molecular formula is C11H18FNO8. The topological polar surface area (TPSA) is 157 Å². The molecule has 0 bridgehead atoms. The monoisotopic (exact) mass is 311 g/mol. The standard InChI is InChI=1S/C11H18FNO8/c1-4(14)13-7-5(15)2-11(20,10(18)19)21-9(7)8(17)6(16)3-12/h5-9,15-17,20H,2-3H2,1H3,(H,13,14)(H,18,19)/t5-,6+,7+,8+,9+,11+/m0/s1. The molecule has 1 aliphatic heterocycles. The summed E-state index contributed by atoms with van der Waals surface area (Å²) in [6, 6.07) is -1.32. The second-order valence-corrected chi connectivity index (χ2v) is 4.88. The van der Waals surface area contributed by atoms with E-state index in [-0.39, 0.29) is 0 Å². The first-order valence-corrected chi connectivity index (χ1v) is 6.13. The summed E-state index contributed by atoms with van der Waals surface area (Å²) in [5, 5.41) is 49.8. The third-order valence-corrected chi connectivity index (χ3v) is 3.18. The molecule has 0 unspecified atom stereocenters. The van der Waals surface area contributed by atoms with Gasteiger partial charge >= 0.3 is 5.97 Å². The minimum absolute atomic E-state index is 0.629. The average molecular weight is 311 g/mol. The van der Waals surface area contributed by atoms with Crippen LogP contribution in [0.25, 0.3) is 0 Å². The third kappa shape index (κ3) is 3.86. The zero-order valence-corrected chi connectivity index (χ0v) is 11.1. The number of carbonyl (C=O) groups excluding carboxylic acids is 1. The highest BCUT2D eigenvalue weighted by molar-refractivity contribution is 5.76. The number of aliphatic hydroxyl groups is 4. The van der Waals surface area contributed by atoms with E-state index >= 15 is 0 Å². The van der Waals surface area contributed by atoms with E-state index in [1.807, 2.05) is 0 Å². The Balaban J connectivity index is 3.07. The number of alkyl halides is 1. The number of rotatable bonds is 5. The predicted octanol–water partition coefficient (Wildman–Crippen LogP) is -2.89. The first kappa shape index (κ1) is 17.7. The highest BCUT2D eigenvalue weighted by Crippen LogP contribution is 2.30. The van der Waals surface area contributed by atoms with Gasteiger partial charge < -0.3 is 35.6 Å². The molecule has 21 heavy (non-hydrogen) atoms. The fourth-order valence-electron chi connectivity index (χ4n) is 2.12. The van der Waals surface area contributed by atoms with Crippen molar-refractivity contribution in [2.24, 2.45) is 0 Å². The van der Waals surface area contributed by atoms with E-state index in [9.17, 15) is 34.4 Å². The summed E-state index contributed by atoms with van der Waals surface area (Å²) in [6.45, 7) is -0.269. The maximum Gasteiger partial charge on any atom is 0.364 e. The summed E-state index contributed by atoms with van der Waals surface area (Å²) in [6.07, 6.45) is -7.98. The van der Waals surface area contributed by atoms with Gasteiger partial charge in [0.05, 0.1) is 12.1 Å². The summed E-state index contributed by atoms with van der Waals surface area (Å²) in [4.78, 5) is 22.1. The second kappa shape index (κ2) is 6.62. The van der Waals surface area contributed by atoms with Crippen LogP contribution in [-0.4, -0.2) is 80.3 Å². The van der Waals surface area contributed by atoms with Crippen LogP contribution in [0.2, 0.25) is 0 Å². The van der Waals surface area contributed by atoms with Gasteiger partial charge in [-0.3, -0.25) is 4.79 Å². The number of halogens is 1. The number of hydrogen-bond acceptors (Lipinski definition) is 7. The summed E-state index contributed by atoms with van der Waals surface area (Å²) in [7, 11) is 0. The number of hydrogen-bond donors (Lipinski definition) is 6. The van der Waals surface area contributed by atoms with Crippen LogP contribution in [0.4, 0.5) is 4.39 Å². The molecule has 1 fully saturated rings. The lowest BCUT2D eigenvalue weighted by Crippen LogP contribution is -2.67. The van der Waals surface area contributed by atoms with E-state index in [0.717, 1.165) is 6.92 Å². The minimum Gasteiger partial charge on any atom is -0.477 e. The molecule has 0 aromatic rings. The molecule has 9 nitrogen and oxygen atoms in total. The molecule has 10 heteroatoms. The SMILES string of the molecule is CC(=O)N[C@H]1[C@H]([C@H](O)[C@H](O)CF)O[C@@](O)(C(=O)O)C[C@@H]1O. The quantitative estimate of drug-likeness (QED) is 0.316. The van der Waals surface area contributed by atoms with Crippen LogP contribution in [-0.2, 0) is 14.3 Å². The van der Waals surface area contributed by atoms with Crippen LogP contribution in [0.5, 0.6) is 0 Å². The molecule has 1 heterocycles. The number of carboxylic acids is 1. The second-order valence-electron chi connectivity index (χ2n) is 4.88. The highest BCUT2D eigenvalue weighted by Gasteiger charge is 2.53. The number of amides is 1. The molecule has 1 saturated heterocycles. The Hall–Kier alpha value is -1.33. The number of aliphatic carboxylic acids is 1. The predicted molar refractivity (Wildman–Crippen MR) is 63.7 cm³/mol. The highest BCUT2D eigenvalue weighted by atomic mass is 19.1. The van der Waals surface area contributed by atoms with Crippen LogP contribution in [0.15, 0.2) is 0 Å². The van der Waals surface area contributed by atoms with Crippen molar-refractivity contribution < 1.29 is 44.2 Å². The Kier molecular flexibility index (Phi) is 5.59. The van der Waals surface area contributed by atoms with Crippen molar-refractivity contribution in [1.82, 2.24) is 5.32 Å². The van der Waals surface area contributed by atoms with Gasteiger partial charge in [0.15, 0.2) is 0 Å².